The average molecular weight is 303 g/mol. The number of hydrogen-bond donors (Lipinski definition) is 3. The van der Waals surface area contributed by atoms with E-state index in [1.165, 1.54) is 0 Å². The van der Waals surface area contributed by atoms with Crippen LogP contribution in [0, 0.1) is 18.8 Å². The Labute approximate surface area is 134 Å². The molecule has 1 rings (SSSR count). The number of nitrogens with two attached hydrogens (primary N) is 1. The Kier molecular flexibility index (Phi) is 7.61. The third kappa shape index (κ3) is 5.46. The van der Waals surface area contributed by atoms with Gasteiger partial charge in [-0.05, 0) is 56.0 Å². The number of aryl methyl sites for hydroxylation is 1. The minimum absolute atomic E-state index is 0.448. The van der Waals surface area contributed by atoms with E-state index in [0.717, 1.165) is 29.5 Å². The van der Waals surface area contributed by atoms with Crippen LogP contribution < -0.4 is 5.73 Å². The predicted molar refractivity (Wildman–Crippen MR) is 91.5 cm³/mol. The molecular formula is C19H29NO2. The molecule has 0 fully saturated rings. The molecule has 122 valence electrons. The van der Waals surface area contributed by atoms with Crippen molar-refractivity contribution in [3.05, 3.63) is 34.9 Å². The maximum atomic E-state index is 10.6. The summed E-state index contributed by atoms with van der Waals surface area (Å²) in [7, 11) is 0. The molecule has 1 aromatic rings. The summed E-state index contributed by atoms with van der Waals surface area (Å²) in [5.41, 5.74) is 7.32. The monoisotopic (exact) mass is 303 g/mol. The second kappa shape index (κ2) is 8.95. The molecule has 0 aliphatic rings. The number of benzene rings is 1. The lowest BCUT2D eigenvalue weighted by Gasteiger charge is -2.20. The Morgan fingerprint density at radius 1 is 1.23 bits per heavy atom. The van der Waals surface area contributed by atoms with Crippen molar-refractivity contribution in [3.8, 4) is 11.8 Å². The minimum atomic E-state index is -0.912. The van der Waals surface area contributed by atoms with Gasteiger partial charge in [-0.15, -0.1) is 0 Å². The zero-order valence-electron chi connectivity index (χ0n) is 14.0. The second-order valence-electron chi connectivity index (χ2n) is 5.95. The minimum Gasteiger partial charge on any atom is -0.388 e. The standard InChI is InChI=1S/C19H29NO2/c1-4-10-19(22,11-5-2)12-8-16-7-6-15(3)17(14-16)18(21)9-13-20/h6-7,14,18,21-22H,4-5,9-11,13,20H2,1-3H3. The fourth-order valence-corrected chi connectivity index (χ4v) is 2.66. The lowest BCUT2D eigenvalue weighted by molar-refractivity contribution is 0.0807. The molecular weight excluding hydrogens is 274 g/mol. The largest absolute Gasteiger partial charge is 0.388 e. The van der Waals surface area contributed by atoms with Crippen LogP contribution >= 0.6 is 0 Å². The van der Waals surface area contributed by atoms with Gasteiger partial charge in [0.15, 0.2) is 0 Å². The molecule has 0 amide bonds. The Morgan fingerprint density at radius 2 is 1.86 bits per heavy atom. The van der Waals surface area contributed by atoms with Gasteiger partial charge in [-0.25, -0.2) is 0 Å². The van der Waals surface area contributed by atoms with Gasteiger partial charge in [0.2, 0.25) is 0 Å². The molecule has 0 bridgehead atoms. The number of rotatable bonds is 7. The summed E-state index contributed by atoms with van der Waals surface area (Å²) in [5, 5.41) is 20.7. The zero-order chi connectivity index (χ0) is 16.6. The molecule has 0 spiro atoms. The van der Waals surface area contributed by atoms with Gasteiger partial charge in [0.1, 0.15) is 5.60 Å². The van der Waals surface area contributed by atoms with Gasteiger partial charge in [0.05, 0.1) is 6.10 Å². The fourth-order valence-electron chi connectivity index (χ4n) is 2.66. The number of aliphatic hydroxyl groups excluding tert-OH is 1. The molecule has 0 heterocycles. The van der Waals surface area contributed by atoms with Gasteiger partial charge in [0, 0.05) is 5.56 Å². The van der Waals surface area contributed by atoms with Crippen molar-refractivity contribution in [1.29, 1.82) is 0 Å². The SMILES string of the molecule is CCCC(O)(C#Cc1ccc(C)c(C(O)CCN)c1)CCC. The first kappa shape index (κ1) is 18.7. The van der Waals surface area contributed by atoms with Crippen LogP contribution in [0.5, 0.6) is 0 Å². The fraction of sp³-hybridized carbons (Fsp3) is 0.579. The third-order valence-electron chi connectivity index (χ3n) is 3.85. The highest BCUT2D eigenvalue weighted by atomic mass is 16.3. The van der Waals surface area contributed by atoms with E-state index in [-0.39, 0.29) is 0 Å². The molecule has 22 heavy (non-hydrogen) atoms. The van der Waals surface area contributed by atoms with Gasteiger partial charge < -0.3 is 15.9 Å². The van der Waals surface area contributed by atoms with Crippen LogP contribution in [0.1, 0.15) is 68.7 Å². The summed E-state index contributed by atoms with van der Waals surface area (Å²) < 4.78 is 0. The van der Waals surface area contributed by atoms with Gasteiger partial charge in [-0.1, -0.05) is 44.6 Å². The van der Waals surface area contributed by atoms with Crippen molar-refractivity contribution in [1.82, 2.24) is 0 Å². The zero-order valence-corrected chi connectivity index (χ0v) is 14.0. The lowest BCUT2D eigenvalue weighted by atomic mass is 9.92. The molecule has 1 aromatic carbocycles. The Bertz CT molecular complexity index is 522. The number of aliphatic hydroxyl groups is 2. The summed E-state index contributed by atoms with van der Waals surface area (Å²) in [5.74, 6) is 6.11. The van der Waals surface area contributed by atoms with Crippen LogP contribution in [-0.4, -0.2) is 22.4 Å². The summed E-state index contributed by atoms with van der Waals surface area (Å²) in [6, 6.07) is 5.79. The molecule has 3 heteroatoms. The maximum Gasteiger partial charge on any atom is 0.125 e. The molecule has 3 nitrogen and oxygen atoms in total. The van der Waals surface area contributed by atoms with Crippen LogP contribution in [0.2, 0.25) is 0 Å². The van der Waals surface area contributed by atoms with E-state index in [2.05, 4.69) is 25.7 Å². The first-order valence-electron chi connectivity index (χ1n) is 8.20. The van der Waals surface area contributed by atoms with Gasteiger partial charge in [0.25, 0.3) is 0 Å². The normalized spacial score (nSPS) is 12.6. The van der Waals surface area contributed by atoms with E-state index < -0.39 is 11.7 Å². The summed E-state index contributed by atoms with van der Waals surface area (Å²) in [6.45, 7) is 6.52. The highest BCUT2D eigenvalue weighted by Gasteiger charge is 2.21. The Balaban J connectivity index is 3.04. The topological polar surface area (TPSA) is 66.5 Å². The quantitative estimate of drug-likeness (QED) is 0.678. The van der Waals surface area contributed by atoms with Gasteiger partial charge in [-0.2, -0.15) is 0 Å². The van der Waals surface area contributed by atoms with E-state index in [1.807, 2.05) is 25.1 Å². The summed E-state index contributed by atoms with van der Waals surface area (Å²) in [4.78, 5) is 0. The van der Waals surface area contributed by atoms with Crippen molar-refractivity contribution in [2.45, 2.75) is 64.6 Å². The highest BCUT2D eigenvalue weighted by Crippen LogP contribution is 2.22. The summed E-state index contributed by atoms with van der Waals surface area (Å²) >= 11 is 0. The molecule has 1 atom stereocenters. The Morgan fingerprint density at radius 3 is 2.41 bits per heavy atom. The molecule has 1 unspecified atom stereocenters. The third-order valence-corrected chi connectivity index (χ3v) is 3.85. The van der Waals surface area contributed by atoms with Crippen molar-refractivity contribution < 1.29 is 10.2 Å². The number of hydrogen-bond acceptors (Lipinski definition) is 3. The van der Waals surface area contributed by atoms with Crippen molar-refractivity contribution in [2.24, 2.45) is 5.73 Å². The average Bonchev–Trinajstić information content (AvgIpc) is 2.47. The van der Waals surface area contributed by atoms with Gasteiger partial charge >= 0.3 is 0 Å². The van der Waals surface area contributed by atoms with E-state index >= 15 is 0 Å². The predicted octanol–water partition coefficient (Wildman–Crippen LogP) is 3.06. The highest BCUT2D eigenvalue weighted by molar-refractivity contribution is 5.42. The van der Waals surface area contributed by atoms with Crippen molar-refractivity contribution in [2.75, 3.05) is 6.54 Å². The van der Waals surface area contributed by atoms with E-state index in [4.69, 9.17) is 5.73 Å². The molecule has 4 N–H and O–H groups in total. The van der Waals surface area contributed by atoms with Crippen LogP contribution in [0.15, 0.2) is 18.2 Å². The lowest BCUT2D eigenvalue weighted by Crippen LogP contribution is -2.25. The van der Waals surface area contributed by atoms with Gasteiger partial charge in [-0.3, -0.25) is 0 Å². The summed E-state index contributed by atoms with van der Waals surface area (Å²) in [6.07, 6.45) is 3.15. The maximum absolute atomic E-state index is 10.6. The molecule has 0 aromatic heterocycles. The Hall–Kier alpha value is -1.34. The second-order valence-corrected chi connectivity index (χ2v) is 5.95. The smallest absolute Gasteiger partial charge is 0.125 e. The molecule has 0 aliphatic heterocycles. The van der Waals surface area contributed by atoms with Crippen LogP contribution in [0.3, 0.4) is 0 Å². The molecule has 0 saturated heterocycles. The van der Waals surface area contributed by atoms with Crippen LogP contribution in [-0.2, 0) is 0 Å². The van der Waals surface area contributed by atoms with Crippen LogP contribution in [0.4, 0.5) is 0 Å². The molecule has 0 aliphatic carbocycles. The van der Waals surface area contributed by atoms with E-state index in [1.54, 1.807) is 0 Å². The first-order chi connectivity index (χ1) is 10.5. The molecule has 0 radical (unpaired) electrons. The van der Waals surface area contributed by atoms with Crippen LogP contribution in [0.25, 0.3) is 0 Å². The van der Waals surface area contributed by atoms with Crippen molar-refractivity contribution in [3.63, 3.8) is 0 Å². The van der Waals surface area contributed by atoms with E-state index in [0.29, 0.717) is 25.8 Å². The van der Waals surface area contributed by atoms with Crippen molar-refractivity contribution >= 4 is 0 Å². The first-order valence-corrected chi connectivity index (χ1v) is 8.20. The molecule has 0 saturated carbocycles. The van der Waals surface area contributed by atoms with E-state index in [9.17, 15) is 10.2 Å².